The molecule has 2 saturated carbocycles. The normalized spacial score (nSPS) is 19.8. The minimum atomic E-state index is -2.62. The van der Waals surface area contributed by atoms with Crippen LogP contribution < -0.4 is 5.14 Å². The van der Waals surface area contributed by atoms with Gasteiger partial charge in [-0.25, -0.2) is 18.5 Å². The number of fused-ring (bicyclic) bond motifs is 1. The Balaban J connectivity index is 0.000000415. The van der Waals surface area contributed by atoms with Gasteiger partial charge in [0.25, 0.3) is 0 Å². The van der Waals surface area contributed by atoms with Crippen LogP contribution in [0.3, 0.4) is 0 Å². The zero-order valence-corrected chi connectivity index (χ0v) is 16.4. The van der Waals surface area contributed by atoms with Crippen LogP contribution in [0.5, 0.6) is 0 Å². The zero-order valence-electron chi connectivity index (χ0n) is 14.7. The number of rotatable bonds is 2. The van der Waals surface area contributed by atoms with Gasteiger partial charge in [-0.05, 0) is 43.2 Å². The molecule has 0 bridgehead atoms. The van der Waals surface area contributed by atoms with Gasteiger partial charge in [-0.2, -0.15) is 0 Å². The molecule has 2 N–H and O–H groups in total. The zero-order chi connectivity index (χ0) is 17.6. The van der Waals surface area contributed by atoms with Crippen LogP contribution >= 0.6 is 11.3 Å². The molecule has 1 heterocycles. The quantitative estimate of drug-likeness (QED) is 0.731. The monoisotopic (exact) mass is 380 g/mol. The van der Waals surface area contributed by atoms with Gasteiger partial charge in [-0.1, -0.05) is 50.7 Å². The molecule has 0 radical (unpaired) electrons. The molecule has 1 aromatic heterocycles. The third kappa shape index (κ3) is 5.02. The van der Waals surface area contributed by atoms with Crippen LogP contribution in [0.1, 0.15) is 86.6 Å². The van der Waals surface area contributed by atoms with Crippen LogP contribution in [0.15, 0.2) is 18.2 Å². The van der Waals surface area contributed by atoms with E-state index in [-0.39, 0.29) is 0 Å². The van der Waals surface area contributed by atoms with Crippen molar-refractivity contribution in [3.63, 3.8) is 0 Å². The average molecular weight is 381 g/mol. The summed E-state index contributed by atoms with van der Waals surface area (Å²) in [5, 5.41) is 5.49. The number of hydrogen-bond donors (Lipinski definition) is 2. The van der Waals surface area contributed by atoms with E-state index in [1.165, 1.54) is 79.4 Å². The SMILES string of the molecule is N[SH](=O)=O.c1cc(C2CCCCC2)c2nc(C3CCCCC3)sc2c1. The lowest BCUT2D eigenvalue weighted by Crippen LogP contribution is -2.06. The lowest BCUT2D eigenvalue weighted by molar-refractivity contribution is 0.441. The Labute approximate surface area is 155 Å². The lowest BCUT2D eigenvalue weighted by atomic mass is 9.83. The van der Waals surface area contributed by atoms with Crippen molar-refractivity contribution in [1.29, 1.82) is 0 Å². The fraction of sp³-hybridized carbons (Fsp3) is 0.632. The maximum absolute atomic E-state index is 8.81. The Morgan fingerprint density at radius 1 is 0.920 bits per heavy atom. The van der Waals surface area contributed by atoms with E-state index in [9.17, 15) is 0 Å². The first-order chi connectivity index (χ1) is 12.1. The number of thiol groups is 1. The van der Waals surface area contributed by atoms with Crippen molar-refractivity contribution < 1.29 is 8.42 Å². The van der Waals surface area contributed by atoms with Crippen molar-refractivity contribution in [1.82, 2.24) is 4.98 Å². The summed E-state index contributed by atoms with van der Waals surface area (Å²) >= 11 is 1.97. The highest BCUT2D eigenvalue weighted by atomic mass is 32.2. The highest BCUT2D eigenvalue weighted by Gasteiger charge is 2.22. The Bertz CT molecular complexity index is 750. The number of benzene rings is 1. The Hall–Kier alpha value is -0.980. The highest BCUT2D eigenvalue weighted by molar-refractivity contribution is 7.69. The molecule has 2 aromatic rings. The van der Waals surface area contributed by atoms with E-state index in [4.69, 9.17) is 13.4 Å². The minimum absolute atomic E-state index is 0.746. The summed E-state index contributed by atoms with van der Waals surface area (Å²) in [6, 6.07) is 6.89. The van der Waals surface area contributed by atoms with E-state index in [2.05, 4.69) is 23.3 Å². The van der Waals surface area contributed by atoms with E-state index >= 15 is 0 Å². The second-order valence-corrected chi connectivity index (χ2v) is 8.83. The summed E-state index contributed by atoms with van der Waals surface area (Å²) in [4.78, 5) is 5.13. The second kappa shape index (κ2) is 9.10. The molecule has 0 aliphatic heterocycles. The van der Waals surface area contributed by atoms with Crippen LogP contribution in [-0.2, 0) is 10.9 Å². The van der Waals surface area contributed by atoms with Gasteiger partial charge < -0.3 is 0 Å². The fourth-order valence-electron chi connectivity index (χ4n) is 4.25. The number of para-hydroxylation sites is 1. The van der Waals surface area contributed by atoms with Crippen molar-refractivity contribution in [2.24, 2.45) is 5.14 Å². The maximum atomic E-state index is 8.81. The third-order valence-corrected chi connectivity index (χ3v) is 6.65. The molecular weight excluding hydrogens is 352 g/mol. The summed E-state index contributed by atoms with van der Waals surface area (Å²) in [5.74, 6) is 1.51. The van der Waals surface area contributed by atoms with Gasteiger partial charge in [0.15, 0.2) is 10.9 Å². The number of nitrogens with zero attached hydrogens (tertiary/aromatic N) is 1. The molecule has 4 nitrogen and oxygen atoms in total. The van der Waals surface area contributed by atoms with Gasteiger partial charge in [0.1, 0.15) is 0 Å². The van der Waals surface area contributed by atoms with Crippen molar-refractivity contribution >= 4 is 32.4 Å². The topological polar surface area (TPSA) is 73.1 Å². The molecule has 25 heavy (non-hydrogen) atoms. The van der Waals surface area contributed by atoms with Crippen LogP contribution in [0.25, 0.3) is 10.2 Å². The van der Waals surface area contributed by atoms with Crippen LogP contribution in [0.2, 0.25) is 0 Å². The van der Waals surface area contributed by atoms with Crippen molar-refractivity contribution in [2.75, 3.05) is 0 Å². The summed E-state index contributed by atoms with van der Waals surface area (Å²) in [5.41, 5.74) is 2.89. The molecule has 2 aliphatic carbocycles. The number of nitrogens with two attached hydrogens (primary N) is 1. The van der Waals surface area contributed by atoms with E-state index in [0.717, 1.165) is 11.8 Å². The van der Waals surface area contributed by atoms with Crippen LogP contribution in [0, 0.1) is 0 Å². The number of hydrogen-bond acceptors (Lipinski definition) is 4. The molecule has 1 aromatic carbocycles. The van der Waals surface area contributed by atoms with Gasteiger partial charge >= 0.3 is 0 Å². The van der Waals surface area contributed by atoms with E-state index in [1.807, 2.05) is 11.3 Å². The minimum Gasteiger partial charge on any atom is -0.241 e. The predicted octanol–water partition coefficient (Wildman–Crippen LogP) is 4.86. The maximum Gasteiger partial charge on any atom is 0.198 e. The number of thiazole rings is 1. The van der Waals surface area contributed by atoms with Crippen LogP contribution in [-0.4, -0.2) is 13.4 Å². The van der Waals surface area contributed by atoms with Crippen LogP contribution in [0.4, 0.5) is 0 Å². The molecular formula is C19H28N2O2S2. The largest absolute Gasteiger partial charge is 0.241 e. The average Bonchev–Trinajstić information content (AvgIpc) is 3.07. The van der Waals surface area contributed by atoms with Gasteiger partial charge in [-0.3, -0.25) is 0 Å². The fourth-order valence-corrected chi connectivity index (χ4v) is 5.43. The molecule has 0 atom stereocenters. The molecule has 2 fully saturated rings. The van der Waals surface area contributed by atoms with Crippen molar-refractivity contribution in [2.45, 2.75) is 76.0 Å². The standard InChI is InChI=1S/C19H25NS.H3NO2S/c1-3-8-14(9-4-1)16-12-7-13-17-18(16)20-19(21-17)15-10-5-2-6-11-15;1-4(2)3/h7,12-15H,1-6,8-11H2;4H,(H2,1,2,3). The molecule has 138 valence electrons. The van der Waals surface area contributed by atoms with Gasteiger partial charge in [0.05, 0.1) is 15.2 Å². The smallest absolute Gasteiger partial charge is 0.198 e. The van der Waals surface area contributed by atoms with Gasteiger partial charge in [0, 0.05) is 5.92 Å². The Morgan fingerprint density at radius 3 is 2.08 bits per heavy atom. The van der Waals surface area contributed by atoms with E-state index in [1.54, 1.807) is 5.56 Å². The molecule has 6 heteroatoms. The molecule has 0 spiro atoms. The molecule has 0 amide bonds. The molecule has 2 aliphatic rings. The lowest BCUT2D eigenvalue weighted by Gasteiger charge is -2.22. The first-order valence-electron chi connectivity index (χ1n) is 9.43. The van der Waals surface area contributed by atoms with Gasteiger partial charge in [0.2, 0.25) is 0 Å². The number of aromatic nitrogens is 1. The van der Waals surface area contributed by atoms with Crippen molar-refractivity contribution in [3.8, 4) is 0 Å². The first kappa shape index (κ1) is 18.8. The third-order valence-electron chi connectivity index (χ3n) is 5.47. The second-order valence-electron chi connectivity index (χ2n) is 7.20. The van der Waals surface area contributed by atoms with E-state index in [0.29, 0.717) is 0 Å². The first-order valence-corrected chi connectivity index (χ1v) is 11.5. The Morgan fingerprint density at radius 2 is 1.48 bits per heavy atom. The molecule has 0 saturated heterocycles. The summed E-state index contributed by atoms with van der Waals surface area (Å²) in [6.45, 7) is 0. The van der Waals surface area contributed by atoms with E-state index < -0.39 is 10.9 Å². The molecule has 4 rings (SSSR count). The van der Waals surface area contributed by atoms with Crippen molar-refractivity contribution in [3.05, 3.63) is 28.8 Å². The Kier molecular flexibility index (Phi) is 6.84. The molecule has 0 unspecified atom stereocenters. The predicted molar refractivity (Wildman–Crippen MR) is 106 cm³/mol. The highest BCUT2D eigenvalue weighted by Crippen LogP contribution is 2.41. The van der Waals surface area contributed by atoms with Gasteiger partial charge in [-0.15, -0.1) is 11.3 Å². The summed E-state index contributed by atoms with van der Waals surface area (Å²) < 4.78 is 19.1. The summed E-state index contributed by atoms with van der Waals surface area (Å²) in [7, 11) is -2.62. The summed E-state index contributed by atoms with van der Waals surface area (Å²) in [6.07, 6.45) is 13.9.